The van der Waals surface area contributed by atoms with Crippen LogP contribution in [-0.4, -0.2) is 47.1 Å². The van der Waals surface area contributed by atoms with Crippen molar-refractivity contribution in [2.75, 3.05) is 6.61 Å². The average molecular weight is 362 g/mol. The summed E-state index contributed by atoms with van der Waals surface area (Å²) in [6, 6.07) is 0. The summed E-state index contributed by atoms with van der Waals surface area (Å²) in [6.07, 6.45) is 3.87. The molecule has 0 aromatic rings. The highest BCUT2D eigenvalue weighted by molar-refractivity contribution is 5.92. The van der Waals surface area contributed by atoms with Crippen molar-refractivity contribution in [3.8, 4) is 0 Å². The smallest absolute Gasteiger partial charge is 0.334 e. The van der Waals surface area contributed by atoms with Crippen LogP contribution in [0, 0.1) is 5.92 Å². The number of carbonyl (C=O) groups is 2. The van der Waals surface area contributed by atoms with Crippen LogP contribution in [0.4, 0.5) is 0 Å². The number of aliphatic hydroxyl groups excluding tert-OH is 2. The van der Waals surface area contributed by atoms with Gasteiger partial charge in [-0.3, -0.25) is 0 Å². The predicted octanol–water partition coefficient (Wildman–Crippen LogP) is 1.98. The van der Waals surface area contributed by atoms with Crippen LogP contribution < -0.4 is 0 Å². The summed E-state index contributed by atoms with van der Waals surface area (Å²) in [4.78, 5) is 24.4. The van der Waals surface area contributed by atoms with Gasteiger partial charge in [-0.15, -0.1) is 0 Å². The minimum absolute atomic E-state index is 0.253. The summed E-state index contributed by atoms with van der Waals surface area (Å²) in [5.74, 6) is -1.61. The lowest BCUT2D eigenvalue weighted by atomic mass is 9.85. The first-order valence-electron chi connectivity index (χ1n) is 8.65. The summed E-state index contributed by atoms with van der Waals surface area (Å²) in [5.41, 5.74) is 2.17. The lowest BCUT2D eigenvalue weighted by Gasteiger charge is -2.28. The van der Waals surface area contributed by atoms with E-state index in [4.69, 9.17) is 14.6 Å². The molecule has 2 rings (SSSR count). The van der Waals surface area contributed by atoms with Gasteiger partial charge >= 0.3 is 11.9 Å². The fourth-order valence-corrected chi connectivity index (χ4v) is 3.14. The number of hydrogen-bond acceptors (Lipinski definition) is 6. The van der Waals surface area contributed by atoms with E-state index in [-0.39, 0.29) is 12.2 Å². The highest BCUT2D eigenvalue weighted by atomic mass is 16.6. The molecule has 2 N–H and O–H groups in total. The van der Waals surface area contributed by atoms with Gasteiger partial charge in [0.25, 0.3) is 0 Å². The van der Waals surface area contributed by atoms with E-state index in [1.807, 2.05) is 13.0 Å². The third kappa shape index (κ3) is 4.51. The third-order valence-electron chi connectivity index (χ3n) is 4.81. The van der Waals surface area contributed by atoms with Crippen molar-refractivity contribution >= 4 is 11.9 Å². The van der Waals surface area contributed by atoms with Crippen LogP contribution in [-0.2, 0) is 19.1 Å². The van der Waals surface area contributed by atoms with Gasteiger partial charge in [0.05, 0.1) is 18.6 Å². The van der Waals surface area contributed by atoms with Crippen molar-refractivity contribution in [3.63, 3.8) is 0 Å². The zero-order valence-electron chi connectivity index (χ0n) is 15.4. The molecule has 4 atom stereocenters. The largest absolute Gasteiger partial charge is 0.458 e. The van der Waals surface area contributed by atoms with E-state index in [9.17, 15) is 14.7 Å². The molecule has 1 saturated heterocycles. The van der Waals surface area contributed by atoms with Crippen LogP contribution in [0.1, 0.15) is 33.6 Å². The van der Waals surface area contributed by atoms with Crippen LogP contribution in [0.2, 0.25) is 0 Å². The Morgan fingerprint density at radius 1 is 1.46 bits per heavy atom. The van der Waals surface area contributed by atoms with E-state index in [0.717, 1.165) is 5.57 Å². The zero-order chi connectivity index (χ0) is 19.4. The summed E-state index contributed by atoms with van der Waals surface area (Å²) in [7, 11) is 0. The van der Waals surface area contributed by atoms with Crippen LogP contribution in [0.15, 0.2) is 47.1 Å². The molecule has 26 heavy (non-hydrogen) atoms. The van der Waals surface area contributed by atoms with Gasteiger partial charge in [-0.2, -0.15) is 0 Å². The normalized spacial score (nSPS) is 30.1. The molecule has 0 aromatic carbocycles. The number of hydrogen-bond donors (Lipinski definition) is 2. The standard InChI is InChI=1S/C20H26O6/c1-11-5-6-15(22)13(3)10-17-18(14(4)20(24)26-17)16(9-11)25-19(23)12(2)7-8-21/h5,7,10,15-18,21-22H,4,6,8-9H2,1-3H3/b11-5?,12-7+,13-10?/t15-,16-,17+,18+/m0/s1. The summed E-state index contributed by atoms with van der Waals surface area (Å²) in [5, 5.41) is 19.2. The minimum atomic E-state index is -0.660. The molecule has 0 bridgehead atoms. The van der Waals surface area contributed by atoms with E-state index in [1.54, 1.807) is 19.9 Å². The molecule has 2 aliphatic rings. The number of fused-ring (bicyclic) bond motifs is 1. The van der Waals surface area contributed by atoms with E-state index >= 15 is 0 Å². The number of esters is 2. The molecular weight excluding hydrogens is 336 g/mol. The molecule has 1 aliphatic heterocycles. The fourth-order valence-electron chi connectivity index (χ4n) is 3.14. The highest BCUT2D eigenvalue weighted by Crippen LogP contribution is 2.36. The van der Waals surface area contributed by atoms with Crippen LogP contribution >= 0.6 is 0 Å². The lowest BCUT2D eigenvalue weighted by Crippen LogP contribution is -2.34. The SMILES string of the molecule is C=C1C(=O)O[C@@H]2C=C(C)[C@@H](O)CC=C(C)C[C@H](OC(=O)/C(C)=C/CO)[C@@H]12. The topological polar surface area (TPSA) is 93.1 Å². The Bertz CT molecular complexity index is 684. The van der Waals surface area contributed by atoms with E-state index in [1.165, 1.54) is 6.08 Å². The molecule has 0 aromatic heterocycles. The number of rotatable bonds is 3. The summed E-state index contributed by atoms with van der Waals surface area (Å²) >= 11 is 0. The monoisotopic (exact) mass is 362 g/mol. The molecule has 6 heteroatoms. The molecule has 142 valence electrons. The second kappa shape index (κ2) is 8.47. The summed E-state index contributed by atoms with van der Waals surface area (Å²) < 4.78 is 11.1. The summed E-state index contributed by atoms with van der Waals surface area (Å²) in [6.45, 7) is 8.79. The van der Waals surface area contributed by atoms with Gasteiger partial charge in [0.2, 0.25) is 0 Å². The molecule has 0 amide bonds. The average Bonchev–Trinajstić information content (AvgIpc) is 2.85. The van der Waals surface area contributed by atoms with Gasteiger partial charge in [0, 0.05) is 17.6 Å². The van der Waals surface area contributed by atoms with Crippen molar-refractivity contribution in [1.29, 1.82) is 0 Å². The maximum atomic E-state index is 12.3. The Kier molecular flexibility index (Phi) is 6.56. The zero-order valence-corrected chi connectivity index (χ0v) is 15.4. The Morgan fingerprint density at radius 3 is 2.81 bits per heavy atom. The molecular formula is C20H26O6. The predicted molar refractivity (Wildman–Crippen MR) is 96.0 cm³/mol. The van der Waals surface area contributed by atoms with Gasteiger partial charge in [0.1, 0.15) is 12.2 Å². The van der Waals surface area contributed by atoms with Crippen molar-refractivity contribution < 1.29 is 29.3 Å². The van der Waals surface area contributed by atoms with E-state index in [0.29, 0.717) is 24.0 Å². The quantitative estimate of drug-likeness (QED) is 0.453. The van der Waals surface area contributed by atoms with Crippen LogP contribution in [0.5, 0.6) is 0 Å². The molecule has 6 nitrogen and oxygen atoms in total. The maximum absolute atomic E-state index is 12.3. The van der Waals surface area contributed by atoms with Crippen molar-refractivity contribution in [1.82, 2.24) is 0 Å². The van der Waals surface area contributed by atoms with Crippen molar-refractivity contribution in [3.05, 3.63) is 47.1 Å². The molecule has 1 heterocycles. The number of aliphatic hydroxyl groups is 2. The molecule has 0 unspecified atom stereocenters. The first kappa shape index (κ1) is 20.1. The number of carbonyl (C=O) groups excluding carboxylic acids is 2. The van der Waals surface area contributed by atoms with Crippen LogP contribution in [0.3, 0.4) is 0 Å². The first-order chi connectivity index (χ1) is 12.2. The van der Waals surface area contributed by atoms with E-state index < -0.39 is 36.2 Å². The van der Waals surface area contributed by atoms with Gasteiger partial charge in [-0.25, -0.2) is 9.59 Å². The molecule has 0 radical (unpaired) electrons. The highest BCUT2D eigenvalue weighted by Gasteiger charge is 2.44. The maximum Gasteiger partial charge on any atom is 0.334 e. The molecule has 1 fully saturated rings. The Balaban J connectivity index is 2.39. The molecule has 0 saturated carbocycles. The second-order valence-corrected chi connectivity index (χ2v) is 6.85. The van der Waals surface area contributed by atoms with Crippen LogP contribution in [0.25, 0.3) is 0 Å². The second-order valence-electron chi connectivity index (χ2n) is 6.85. The third-order valence-corrected chi connectivity index (χ3v) is 4.81. The Morgan fingerprint density at radius 2 is 2.15 bits per heavy atom. The van der Waals surface area contributed by atoms with Gasteiger partial charge in [-0.1, -0.05) is 18.2 Å². The van der Waals surface area contributed by atoms with Gasteiger partial charge in [-0.05, 0) is 44.9 Å². The fraction of sp³-hybridized carbons (Fsp3) is 0.500. The Labute approximate surface area is 153 Å². The van der Waals surface area contributed by atoms with E-state index in [2.05, 4.69) is 6.58 Å². The van der Waals surface area contributed by atoms with Crippen molar-refractivity contribution in [2.45, 2.75) is 51.9 Å². The first-order valence-corrected chi connectivity index (χ1v) is 8.65. The Hall–Kier alpha value is -2.18. The number of ether oxygens (including phenoxy) is 2. The minimum Gasteiger partial charge on any atom is -0.458 e. The molecule has 1 aliphatic carbocycles. The lowest BCUT2D eigenvalue weighted by molar-refractivity contribution is -0.147. The van der Waals surface area contributed by atoms with Gasteiger partial charge in [0.15, 0.2) is 0 Å². The molecule has 0 spiro atoms. The van der Waals surface area contributed by atoms with Crippen molar-refractivity contribution in [2.24, 2.45) is 5.92 Å². The van der Waals surface area contributed by atoms with Gasteiger partial charge < -0.3 is 19.7 Å².